The zero-order valence-corrected chi connectivity index (χ0v) is 15.5. The molecule has 0 bridgehead atoms. The Morgan fingerprint density at radius 1 is 1.15 bits per heavy atom. The van der Waals surface area contributed by atoms with Crippen LogP contribution in [-0.4, -0.2) is 52.6 Å². The minimum Gasteiger partial charge on any atom is -0.378 e. The number of ether oxygens (including phenoxy) is 1. The molecule has 0 spiro atoms. The molecule has 1 fully saturated rings. The number of morpholine rings is 1. The number of anilines is 1. The van der Waals surface area contributed by atoms with Gasteiger partial charge in [0.1, 0.15) is 0 Å². The zero-order chi connectivity index (χ0) is 18.8. The van der Waals surface area contributed by atoms with Gasteiger partial charge in [-0.25, -0.2) is 4.98 Å². The Morgan fingerprint density at radius 2 is 1.96 bits per heavy atom. The summed E-state index contributed by atoms with van der Waals surface area (Å²) in [6.07, 6.45) is 2.76. The molecule has 0 atom stereocenters. The lowest BCUT2D eigenvalue weighted by molar-refractivity contribution is 0.0291. The van der Waals surface area contributed by atoms with Crippen molar-refractivity contribution in [3.05, 3.63) is 47.0 Å². The predicted octanol–water partition coefficient (Wildman–Crippen LogP) is 2.25. The molecule has 1 N–H and O–H groups in total. The van der Waals surface area contributed by atoms with E-state index >= 15 is 0 Å². The van der Waals surface area contributed by atoms with Crippen LogP contribution in [0.4, 0.5) is 5.69 Å². The number of amides is 2. The molecular formula is C20H24N4O3. The first-order valence-corrected chi connectivity index (χ1v) is 9.48. The number of fused-ring (bicyclic) bond motifs is 1. The van der Waals surface area contributed by atoms with Gasteiger partial charge in [0.25, 0.3) is 11.8 Å². The van der Waals surface area contributed by atoms with Gasteiger partial charge in [-0.05, 0) is 43.9 Å². The Balaban J connectivity index is 1.63. The molecule has 7 heteroatoms. The van der Waals surface area contributed by atoms with E-state index in [2.05, 4.69) is 10.3 Å². The van der Waals surface area contributed by atoms with Crippen molar-refractivity contribution in [2.24, 2.45) is 0 Å². The lowest BCUT2D eigenvalue weighted by Gasteiger charge is -2.27. The second kappa shape index (κ2) is 7.52. The Labute approximate surface area is 158 Å². The molecule has 2 amide bonds. The fourth-order valence-corrected chi connectivity index (χ4v) is 3.71. The summed E-state index contributed by atoms with van der Waals surface area (Å²) in [4.78, 5) is 32.1. The summed E-state index contributed by atoms with van der Waals surface area (Å²) in [7, 11) is 0. The molecule has 1 saturated heterocycles. The third-order valence-electron chi connectivity index (χ3n) is 5.10. The van der Waals surface area contributed by atoms with E-state index < -0.39 is 0 Å². The van der Waals surface area contributed by atoms with Crippen molar-refractivity contribution in [3.8, 4) is 0 Å². The molecule has 4 rings (SSSR count). The van der Waals surface area contributed by atoms with Crippen LogP contribution in [0.15, 0.2) is 24.3 Å². The molecule has 7 nitrogen and oxygen atoms in total. The fourth-order valence-electron chi connectivity index (χ4n) is 3.71. The summed E-state index contributed by atoms with van der Waals surface area (Å²) in [5.74, 6) is 0.00400. The zero-order valence-electron chi connectivity index (χ0n) is 15.5. The number of nitrogens with zero attached hydrogens (tertiary/aromatic N) is 3. The minimum absolute atomic E-state index is 0.115. The number of imidazole rings is 1. The normalized spacial score (nSPS) is 16.7. The average molecular weight is 368 g/mol. The highest BCUT2D eigenvalue weighted by molar-refractivity contribution is 6.05. The van der Waals surface area contributed by atoms with Gasteiger partial charge in [-0.2, -0.15) is 0 Å². The van der Waals surface area contributed by atoms with Crippen molar-refractivity contribution in [2.45, 2.75) is 32.7 Å². The Bertz CT molecular complexity index is 868. The quantitative estimate of drug-likeness (QED) is 0.902. The van der Waals surface area contributed by atoms with E-state index in [0.29, 0.717) is 37.8 Å². The van der Waals surface area contributed by atoms with Crippen LogP contribution in [0.2, 0.25) is 0 Å². The fraction of sp³-hybridized carbons (Fsp3) is 0.450. The highest BCUT2D eigenvalue weighted by Crippen LogP contribution is 2.23. The number of hydrogen-bond acceptors (Lipinski definition) is 4. The van der Waals surface area contributed by atoms with Crippen LogP contribution in [0.1, 0.15) is 45.2 Å². The maximum atomic E-state index is 13.0. The van der Waals surface area contributed by atoms with Crippen molar-refractivity contribution in [1.82, 2.24) is 14.5 Å². The molecule has 27 heavy (non-hydrogen) atoms. The van der Waals surface area contributed by atoms with Gasteiger partial charge in [0, 0.05) is 25.3 Å². The number of carbonyl (C=O) groups excluding carboxylic acids is 2. The van der Waals surface area contributed by atoms with E-state index in [4.69, 9.17) is 4.74 Å². The average Bonchev–Trinajstić information content (AvgIpc) is 3.08. The van der Waals surface area contributed by atoms with Crippen LogP contribution in [0.25, 0.3) is 0 Å². The molecule has 3 heterocycles. The Morgan fingerprint density at radius 3 is 2.74 bits per heavy atom. The van der Waals surface area contributed by atoms with Gasteiger partial charge in [0.2, 0.25) is 0 Å². The van der Waals surface area contributed by atoms with Crippen LogP contribution >= 0.6 is 0 Å². The summed E-state index contributed by atoms with van der Waals surface area (Å²) < 4.78 is 7.27. The van der Waals surface area contributed by atoms with E-state index in [1.165, 1.54) is 0 Å². The summed E-state index contributed by atoms with van der Waals surface area (Å²) in [5, 5.41) is 2.92. The lowest BCUT2D eigenvalue weighted by Crippen LogP contribution is -2.42. The van der Waals surface area contributed by atoms with Crippen LogP contribution in [0, 0.1) is 6.92 Å². The molecule has 142 valence electrons. The number of rotatable bonds is 3. The molecule has 0 radical (unpaired) electrons. The molecule has 0 saturated carbocycles. The first-order chi connectivity index (χ1) is 13.1. The Kier molecular flexibility index (Phi) is 4.94. The first kappa shape index (κ1) is 17.7. The first-order valence-electron chi connectivity index (χ1n) is 9.48. The molecule has 2 aromatic rings. The summed E-state index contributed by atoms with van der Waals surface area (Å²) in [5.41, 5.74) is 3.04. The van der Waals surface area contributed by atoms with E-state index in [1.54, 1.807) is 4.90 Å². The van der Waals surface area contributed by atoms with Gasteiger partial charge >= 0.3 is 0 Å². The monoisotopic (exact) mass is 368 g/mol. The van der Waals surface area contributed by atoms with Gasteiger partial charge in [0.05, 0.1) is 18.9 Å². The maximum absolute atomic E-state index is 13.0. The molecule has 2 aliphatic rings. The van der Waals surface area contributed by atoms with E-state index in [1.807, 2.05) is 35.8 Å². The summed E-state index contributed by atoms with van der Waals surface area (Å²) >= 11 is 0. The van der Waals surface area contributed by atoms with Crippen molar-refractivity contribution in [1.29, 1.82) is 0 Å². The Hall–Kier alpha value is -2.67. The van der Waals surface area contributed by atoms with Crippen molar-refractivity contribution in [3.63, 3.8) is 0 Å². The smallest absolute Gasteiger partial charge is 0.290 e. The number of nitrogens with one attached hydrogen (secondary N) is 1. The molecular weight excluding hydrogens is 344 g/mol. The largest absolute Gasteiger partial charge is 0.378 e. The minimum atomic E-state index is -0.257. The number of benzene rings is 1. The van der Waals surface area contributed by atoms with Crippen molar-refractivity contribution < 1.29 is 14.3 Å². The molecule has 0 unspecified atom stereocenters. The molecule has 0 aliphatic carbocycles. The number of hydrogen-bond donors (Lipinski definition) is 1. The maximum Gasteiger partial charge on any atom is 0.290 e. The van der Waals surface area contributed by atoms with Crippen LogP contribution < -0.4 is 5.32 Å². The van der Waals surface area contributed by atoms with Gasteiger partial charge in [-0.1, -0.05) is 12.1 Å². The second-order valence-electron chi connectivity index (χ2n) is 7.07. The van der Waals surface area contributed by atoms with Gasteiger partial charge < -0.3 is 19.5 Å². The highest BCUT2D eigenvalue weighted by Gasteiger charge is 2.30. The third-order valence-corrected chi connectivity index (χ3v) is 5.10. The molecule has 1 aromatic carbocycles. The predicted molar refractivity (Wildman–Crippen MR) is 101 cm³/mol. The summed E-state index contributed by atoms with van der Waals surface area (Å²) in [6.45, 7) is 4.91. The number of carbonyl (C=O) groups is 2. The SMILES string of the molecule is Cc1cccc(NC(=O)c2nc(C(=O)N3CCOCC3)n3c2CCCC3)c1. The van der Waals surface area contributed by atoms with Crippen molar-refractivity contribution >= 4 is 17.5 Å². The van der Waals surface area contributed by atoms with Crippen LogP contribution in [0.5, 0.6) is 0 Å². The molecule has 2 aliphatic heterocycles. The van der Waals surface area contributed by atoms with Crippen LogP contribution in [0.3, 0.4) is 0 Å². The summed E-state index contributed by atoms with van der Waals surface area (Å²) in [6, 6.07) is 7.65. The van der Waals surface area contributed by atoms with Gasteiger partial charge in [-0.15, -0.1) is 0 Å². The van der Waals surface area contributed by atoms with E-state index in [9.17, 15) is 9.59 Å². The standard InChI is InChI=1S/C20H24N4O3/c1-14-5-4-6-15(13-14)21-19(25)17-16-7-2-3-8-24(16)18(22-17)20(26)23-9-11-27-12-10-23/h4-6,13H,2-3,7-12H2,1H3,(H,21,25). The van der Waals surface area contributed by atoms with Crippen molar-refractivity contribution in [2.75, 3.05) is 31.6 Å². The van der Waals surface area contributed by atoms with Gasteiger partial charge in [-0.3, -0.25) is 9.59 Å². The number of aryl methyl sites for hydroxylation is 1. The van der Waals surface area contributed by atoms with Crippen LogP contribution in [-0.2, 0) is 17.7 Å². The van der Waals surface area contributed by atoms with E-state index in [0.717, 1.165) is 42.8 Å². The topological polar surface area (TPSA) is 76.5 Å². The molecule has 1 aromatic heterocycles. The highest BCUT2D eigenvalue weighted by atomic mass is 16.5. The van der Waals surface area contributed by atoms with Gasteiger partial charge in [0.15, 0.2) is 11.5 Å². The number of aromatic nitrogens is 2. The van der Waals surface area contributed by atoms with E-state index in [-0.39, 0.29) is 11.8 Å². The lowest BCUT2D eigenvalue weighted by atomic mass is 10.1. The third kappa shape index (κ3) is 3.60. The second-order valence-corrected chi connectivity index (χ2v) is 7.07.